The highest BCUT2D eigenvalue weighted by Crippen LogP contribution is 2.20. The smallest absolute Gasteiger partial charge is 0.405 e. The normalized spacial score (nSPS) is 10.2. The molecule has 6 nitrogen and oxygen atoms in total. The van der Waals surface area contributed by atoms with Gasteiger partial charge in [-0.2, -0.15) is 4.73 Å². The summed E-state index contributed by atoms with van der Waals surface area (Å²) < 4.78 is 5.15. The van der Waals surface area contributed by atoms with E-state index in [0.717, 1.165) is 0 Å². The second-order valence-corrected chi connectivity index (χ2v) is 5.34. The molecule has 1 heterocycles. The Kier molecular flexibility index (Phi) is 5.78. The van der Waals surface area contributed by atoms with E-state index in [4.69, 9.17) is 27.9 Å². The van der Waals surface area contributed by atoms with Gasteiger partial charge in [0.1, 0.15) is 0 Å². The molecule has 0 atom stereocenters. The molecule has 0 fully saturated rings. The second-order valence-electron chi connectivity index (χ2n) is 4.50. The van der Waals surface area contributed by atoms with Crippen molar-refractivity contribution < 1.29 is 19.1 Å². The van der Waals surface area contributed by atoms with E-state index in [-0.39, 0.29) is 12.2 Å². The molecule has 23 heavy (non-hydrogen) atoms. The number of hydrogen-bond donors (Lipinski definition) is 1. The predicted molar refractivity (Wildman–Crippen MR) is 84.0 cm³/mol. The zero-order valence-electron chi connectivity index (χ0n) is 11.8. The molecule has 120 valence electrons. The fraction of sp³-hybridized carbons (Fsp3) is 0.133. The average Bonchev–Trinajstić information content (AvgIpc) is 2.52. The van der Waals surface area contributed by atoms with E-state index in [1.54, 1.807) is 18.2 Å². The number of aromatic nitrogens is 1. The topological polar surface area (TPSA) is 82.3 Å². The summed E-state index contributed by atoms with van der Waals surface area (Å²) in [6, 6.07) is 9.20. The number of carbonyl (C=O) groups excluding carboxylic acids is 2. The van der Waals surface area contributed by atoms with E-state index in [2.05, 4.69) is 5.32 Å². The van der Waals surface area contributed by atoms with Crippen LogP contribution in [0.4, 0.5) is 0 Å². The summed E-state index contributed by atoms with van der Waals surface area (Å²) in [7, 11) is 0. The monoisotopic (exact) mass is 354 g/mol. The van der Waals surface area contributed by atoms with Gasteiger partial charge >= 0.3 is 11.7 Å². The van der Waals surface area contributed by atoms with Gasteiger partial charge in [0.15, 0.2) is 12.8 Å². The van der Waals surface area contributed by atoms with Gasteiger partial charge in [0.2, 0.25) is 0 Å². The second kappa shape index (κ2) is 7.80. The zero-order valence-corrected chi connectivity index (χ0v) is 13.3. The quantitative estimate of drug-likeness (QED) is 0.506. The number of rotatable bonds is 5. The number of esters is 1. The number of pyridine rings is 1. The van der Waals surface area contributed by atoms with E-state index in [9.17, 15) is 14.8 Å². The highest BCUT2D eigenvalue weighted by atomic mass is 35.5. The van der Waals surface area contributed by atoms with Crippen LogP contribution in [0, 0.1) is 5.21 Å². The van der Waals surface area contributed by atoms with Crippen molar-refractivity contribution in [3.05, 3.63) is 69.1 Å². The number of hydrogen-bond acceptors (Lipinski definition) is 4. The first-order chi connectivity index (χ1) is 11.0. The lowest BCUT2D eigenvalue weighted by Crippen LogP contribution is -2.36. The molecule has 0 saturated carbocycles. The van der Waals surface area contributed by atoms with Crippen molar-refractivity contribution in [1.29, 1.82) is 0 Å². The highest BCUT2D eigenvalue weighted by Gasteiger charge is 2.18. The zero-order chi connectivity index (χ0) is 16.8. The van der Waals surface area contributed by atoms with Crippen LogP contribution in [-0.2, 0) is 16.1 Å². The Bertz CT molecular complexity index is 737. The van der Waals surface area contributed by atoms with E-state index in [1.165, 1.54) is 24.4 Å². The standard InChI is InChI=1S/C15H12Cl2N2O4/c16-11-5-4-10(12(17)7-11)8-18-14(20)9-23-15(21)13-3-1-2-6-19(13)22/h1-7H,8-9H2,(H,18,20). The Balaban J connectivity index is 1.83. The summed E-state index contributed by atoms with van der Waals surface area (Å²) in [4.78, 5) is 23.3. The number of benzene rings is 1. The van der Waals surface area contributed by atoms with Crippen molar-refractivity contribution in [2.75, 3.05) is 6.61 Å². The van der Waals surface area contributed by atoms with Crippen molar-refractivity contribution in [2.24, 2.45) is 0 Å². The van der Waals surface area contributed by atoms with Crippen LogP contribution < -0.4 is 10.0 Å². The predicted octanol–water partition coefficient (Wildman–Crippen LogP) is 2.10. The van der Waals surface area contributed by atoms with Crippen LogP contribution in [0.5, 0.6) is 0 Å². The Morgan fingerprint density at radius 2 is 2.00 bits per heavy atom. The van der Waals surface area contributed by atoms with Gasteiger partial charge in [-0.3, -0.25) is 4.79 Å². The molecular formula is C15H12Cl2N2O4. The van der Waals surface area contributed by atoms with Gasteiger partial charge in [-0.15, -0.1) is 0 Å². The third-order valence-electron chi connectivity index (χ3n) is 2.86. The van der Waals surface area contributed by atoms with Crippen LogP contribution in [-0.4, -0.2) is 18.5 Å². The molecule has 0 aliphatic rings. The number of amides is 1. The maximum absolute atomic E-state index is 11.7. The van der Waals surface area contributed by atoms with E-state index < -0.39 is 18.5 Å². The summed E-state index contributed by atoms with van der Waals surface area (Å²) >= 11 is 11.8. The minimum Gasteiger partial charge on any atom is -0.618 e. The van der Waals surface area contributed by atoms with Crippen molar-refractivity contribution in [3.8, 4) is 0 Å². The lowest BCUT2D eigenvalue weighted by molar-refractivity contribution is -0.608. The molecule has 1 amide bonds. The largest absolute Gasteiger partial charge is 0.618 e. The number of carbonyl (C=O) groups is 2. The van der Waals surface area contributed by atoms with Crippen LogP contribution in [0.1, 0.15) is 16.1 Å². The first-order valence-electron chi connectivity index (χ1n) is 6.53. The maximum atomic E-state index is 11.7. The molecule has 0 unspecified atom stereocenters. The van der Waals surface area contributed by atoms with Gasteiger partial charge in [-0.1, -0.05) is 29.3 Å². The van der Waals surface area contributed by atoms with E-state index in [1.807, 2.05) is 0 Å². The molecule has 0 aliphatic carbocycles. The lowest BCUT2D eigenvalue weighted by atomic mass is 10.2. The molecular weight excluding hydrogens is 343 g/mol. The Labute approximate surface area is 142 Å². The van der Waals surface area contributed by atoms with Crippen molar-refractivity contribution in [3.63, 3.8) is 0 Å². The molecule has 1 aromatic heterocycles. The van der Waals surface area contributed by atoms with Crippen LogP contribution >= 0.6 is 23.2 Å². The van der Waals surface area contributed by atoms with Gasteiger partial charge < -0.3 is 15.3 Å². The van der Waals surface area contributed by atoms with Crippen LogP contribution in [0.25, 0.3) is 0 Å². The van der Waals surface area contributed by atoms with Crippen LogP contribution in [0.15, 0.2) is 42.6 Å². The number of nitrogens with one attached hydrogen (secondary N) is 1. The Morgan fingerprint density at radius 1 is 1.22 bits per heavy atom. The third kappa shape index (κ3) is 4.84. The van der Waals surface area contributed by atoms with E-state index in [0.29, 0.717) is 20.3 Å². The molecule has 1 aromatic carbocycles. The maximum Gasteiger partial charge on any atom is 0.405 e. The molecule has 2 aromatic rings. The highest BCUT2D eigenvalue weighted by molar-refractivity contribution is 6.35. The van der Waals surface area contributed by atoms with Gasteiger partial charge in [-0.25, -0.2) is 4.79 Å². The molecule has 0 aliphatic heterocycles. The van der Waals surface area contributed by atoms with Gasteiger partial charge in [0, 0.05) is 28.7 Å². The van der Waals surface area contributed by atoms with Crippen LogP contribution in [0.3, 0.4) is 0 Å². The minimum absolute atomic E-state index is 0.166. The average molecular weight is 355 g/mol. The van der Waals surface area contributed by atoms with E-state index >= 15 is 0 Å². The van der Waals surface area contributed by atoms with Crippen LogP contribution in [0.2, 0.25) is 10.0 Å². The third-order valence-corrected chi connectivity index (χ3v) is 3.45. The van der Waals surface area contributed by atoms with Gasteiger partial charge in [0.05, 0.1) is 0 Å². The number of ether oxygens (including phenoxy) is 1. The molecule has 0 saturated heterocycles. The summed E-state index contributed by atoms with van der Waals surface area (Å²) in [6.07, 6.45) is 1.17. The molecule has 1 N–H and O–H groups in total. The SMILES string of the molecule is O=C(COC(=O)c1cccc[n+]1[O-])NCc1ccc(Cl)cc1Cl. The minimum atomic E-state index is -0.875. The summed E-state index contributed by atoms with van der Waals surface area (Å²) in [6.45, 7) is -0.335. The fourth-order valence-electron chi connectivity index (χ4n) is 1.70. The molecule has 8 heteroatoms. The number of halogens is 2. The molecule has 0 bridgehead atoms. The first-order valence-corrected chi connectivity index (χ1v) is 7.29. The molecule has 0 radical (unpaired) electrons. The number of nitrogens with zero attached hydrogens (tertiary/aromatic N) is 1. The molecule has 2 rings (SSSR count). The first kappa shape index (κ1) is 17.1. The Morgan fingerprint density at radius 3 is 2.70 bits per heavy atom. The fourth-order valence-corrected chi connectivity index (χ4v) is 2.18. The van der Waals surface area contributed by atoms with Gasteiger partial charge in [0.25, 0.3) is 5.91 Å². The van der Waals surface area contributed by atoms with Gasteiger partial charge in [-0.05, 0) is 23.8 Å². The van der Waals surface area contributed by atoms with Crippen molar-refractivity contribution >= 4 is 35.1 Å². The summed E-state index contributed by atoms with van der Waals surface area (Å²) in [5.74, 6) is -1.39. The summed E-state index contributed by atoms with van der Waals surface area (Å²) in [5, 5.41) is 14.8. The van der Waals surface area contributed by atoms with Crippen molar-refractivity contribution in [2.45, 2.75) is 6.54 Å². The van der Waals surface area contributed by atoms with Crippen molar-refractivity contribution in [1.82, 2.24) is 5.32 Å². The molecule has 0 spiro atoms. The Hall–Kier alpha value is -2.31. The summed E-state index contributed by atoms with van der Waals surface area (Å²) in [5.41, 5.74) is 0.484. The lowest BCUT2D eigenvalue weighted by Gasteiger charge is -2.08.